The van der Waals surface area contributed by atoms with Crippen LogP contribution in [0.15, 0.2) is 36.7 Å². The molecule has 2 aromatic rings. The molecule has 0 saturated carbocycles. The number of carbonyl (C=O) groups excluding carboxylic acids is 1. The molecule has 1 aromatic heterocycles. The van der Waals surface area contributed by atoms with Crippen molar-refractivity contribution in [3.05, 3.63) is 48.0 Å². The number of aromatic nitrogens is 3. The summed E-state index contributed by atoms with van der Waals surface area (Å²) < 4.78 is 1.81. The third kappa shape index (κ3) is 3.82. The van der Waals surface area contributed by atoms with E-state index in [0.29, 0.717) is 12.5 Å². The van der Waals surface area contributed by atoms with Gasteiger partial charge in [0, 0.05) is 26.2 Å². The number of hydrogen-bond donors (Lipinski definition) is 1. The highest BCUT2D eigenvalue weighted by molar-refractivity contribution is 5.79. The summed E-state index contributed by atoms with van der Waals surface area (Å²) in [6.45, 7) is 8.04. The van der Waals surface area contributed by atoms with Crippen LogP contribution >= 0.6 is 0 Å². The molecule has 6 heteroatoms. The van der Waals surface area contributed by atoms with E-state index >= 15 is 0 Å². The molecule has 1 N–H and O–H groups in total. The van der Waals surface area contributed by atoms with Gasteiger partial charge in [-0.25, -0.2) is 9.67 Å². The Morgan fingerprint density at radius 2 is 2.08 bits per heavy atom. The summed E-state index contributed by atoms with van der Waals surface area (Å²) in [5.41, 5.74) is 1.29. The molecule has 0 unspecified atom stereocenters. The van der Waals surface area contributed by atoms with Crippen molar-refractivity contribution < 1.29 is 4.79 Å². The van der Waals surface area contributed by atoms with E-state index in [0.717, 1.165) is 32.0 Å². The molecule has 0 radical (unpaired) electrons. The zero-order chi connectivity index (χ0) is 16.9. The van der Waals surface area contributed by atoms with Crippen LogP contribution in [0.5, 0.6) is 0 Å². The first-order valence-electron chi connectivity index (χ1n) is 8.58. The number of benzene rings is 1. The Labute approximate surface area is 142 Å². The van der Waals surface area contributed by atoms with Crippen LogP contribution < -0.4 is 5.32 Å². The summed E-state index contributed by atoms with van der Waals surface area (Å²) in [5, 5.41) is 7.16. The van der Waals surface area contributed by atoms with Gasteiger partial charge in [0.25, 0.3) is 0 Å². The van der Waals surface area contributed by atoms with E-state index in [1.807, 2.05) is 13.0 Å². The lowest BCUT2D eigenvalue weighted by atomic mass is 9.97. The fourth-order valence-corrected chi connectivity index (χ4v) is 3.37. The number of nitrogens with one attached hydrogen (secondary N) is 1. The van der Waals surface area contributed by atoms with Crippen molar-refractivity contribution in [1.82, 2.24) is 25.0 Å². The van der Waals surface area contributed by atoms with Gasteiger partial charge in [0.15, 0.2) is 0 Å². The lowest BCUT2D eigenvalue weighted by Gasteiger charge is -2.16. The lowest BCUT2D eigenvalue weighted by molar-refractivity contribution is -0.125. The number of amides is 1. The van der Waals surface area contributed by atoms with E-state index in [4.69, 9.17) is 0 Å². The molecule has 6 nitrogen and oxygen atoms in total. The van der Waals surface area contributed by atoms with Crippen molar-refractivity contribution in [2.45, 2.75) is 33.5 Å². The molecule has 1 fully saturated rings. The second kappa shape index (κ2) is 7.57. The average molecular weight is 327 g/mol. The molecule has 1 aliphatic heterocycles. The van der Waals surface area contributed by atoms with Gasteiger partial charge in [0.2, 0.25) is 5.91 Å². The predicted octanol–water partition coefficient (Wildman–Crippen LogP) is 1.68. The second-order valence-corrected chi connectivity index (χ2v) is 6.47. The van der Waals surface area contributed by atoms with Crippen LogP contribution in [-0.2, 0) is 24.4 Å². The highest BCUT2D eigenvalue weighted by atomic mass is 16.2. The van der Waals surface area contributed by atoms with Crippen LogP contribution in [-0.4, -0.2) is 38.7 Å². The lowest BCUT2D eigenvalue weighted by Crippen LogP contribution is -2.35. The van der Waals surface area contributed by atoms with Crippen LogP contribution in [0.1, 0.15) is 25.2 Å². The molecule has 1 saturated heterocycles. The zero-order valence-corrected chi connectivity index (χ0v) is 14.4. The maximum Gasteiger partial charge on any atom is 0.225 e. The number of nitrogens with zero attached hydrogens (tertiary/aromatic N) is 4. The number of carbonyl (C=O) groups is 1. The third-order valence-electron chi connectivity index (χ3n) is 4.69. The molecule has 128 valence electrons. The van der Waals surface area contributed by atoms with Gasteiger partial charge in [0.1, 0.15) is 12.2 Å². The minimum atomic E-state index is 0.0340. The van der Waals surface area contributed by atoms with E-state index in [1.54, 1.807) is 4.68 Å². The van der Waals surface area contributed by atoms with Crippen LogP contribution in [0, 0.1) is 11.8 Å². The molecule has 2 heterocycles. The number of rotatable bonds is 6. The van der Waals surface area contributed by atoms with Crippen LogP contribution in [0.2, 0.25) is 0 Å². The van der Waals surface area contributed by atoms with Gasteiger partial charge < -0.3 is 5.32 Å². The van der Waals surface area contributed by atoms with Crippen molar-refractivity contribution in [2.75, 3.05) is 13.1 Å². The largest absolute Gasteiger partial charge is 0.349 e. The second-order valence-electron chi connectivity index (χ2n) is 6.47. The van der Waals surface area contributed by atoms with Gasteiger partial charge in [-0.2, -0.15) is 5.10 Å². The molecule has 3 rings (SSSR count). The molecular weight excluding hydrogens is 302 g/mol. The number of hydrogen-bond acceptors (Lipinski definition) is 4. The Morgan fingerprint density at radius 1 is 1.29 bits per heavy atom. The quantitative estimate of drug-likeness (QED) is 0.877. The summed E-state index contributed by atoms with van der Waals surface area (Å²) in [6.07, 6.45) is 1.53. The Bertz CT molecular complexity index is 669. The minimum absolute atomic E-state index is 0.0340. The topological polar surface area (TPSA) is 63.1 Å². The molecular formula is C18H25N5O. The van der Waals surface area contributed by atoms with E-state index in [9.17, 15) is 4.79 Å². The Kier molecular flexibility index (Phi) is 5.25. The molecule has 0 bridgehead atoms. The van der Waals surface area contributed by atoms with Gasteiger partial charge in [-0.3, -0.25) is 9.69 Å². The molecule has 1 aromatic carbocycles. The highest BCUT2D eigenvalue weighted by Gasteiger charge is 2.34. The minimum Gasteiger partial charge on any atom is -0.349 e. The van der Waals surface area contributed by atoms with Gasteiger partial charge in [-0.05, 0) is 18.4 Å². The fourth-order valence-electron chi connectivity index (χ4n) is 3.37. The summed E-state index contributed by atoms with van der Waals surface area (Å²) in [6, 6.07) is 10.4. The molecule has 1 amide bonds. The highest BCUT2D eigenvalue weighted by Crippen LogP contribution is 2.24. The molecule has 2 atom stereocenters. The number of aryl methyl sites for hydroxylation is 1. The smallest absolute Gasteiger partial charge is 0.225 e. The van der Waals surface area contributed by atoms with Gasteiger partial charge >= 0.3 is 0 Å². The van der Waals surface area contributed by atoms with Gasteiger partial charge in [-0.15, -0.1) is 0 Å². The SMILES string of the molecule is CCn1ncnc1CNC(=O)[C@@H]1CN(Cc2ccccc2)C[C@H]1C. The maximum atomic E-state index is 12.6. The van der Waals surface area contributed by atoms with E-state index in [2.05, 4.69) is 51.5 Å². The molecule has 1 aliphatic rings. The van der Waals surface area contributed by atoms with Crippen LogP contribution in [0.25, 0.3) is 0 Å². The van der Waals surface area contributed by atoms with Crippen molar-refractivity contribution in [1.29, 1.82) is 0 Å². The van der Waals surface area contributed by atoms with Crippen molar-refractivity contribution in [3.8, 4) is 0 Å². The van der Waals surface area contributed by atoms with Crippen molar-refractivity contribution in [3.63, 3.8) is 0 Å². The van der Waals surface area contributed by atoms with Gasteiger partial charge in [0.05, 0.1) is 12.5 Å². The van der Waals surface area contributed by atoms with Gasteiger partial charge in [-0.1, -0.05) is 37.3 Å². The summed E-state index contributed by atoms with van der Waals surface area (Å²) in [7, 11) is 0. The average Bonchev–Trinajstić information content (AvgIpc) is 3.19. The molecule has 24 heavy (non-hydrogen) atoms. The van der Waals surface area contributed by atoms with E-state index < -0.39 is 0 Å². The Hall–Kier alpha value is -2.21. The normalized spacial score (nSPS) is 21.1. The zero-order valence-electron chi connectivity index (χ0n) is 14.4. The summed E-state index contributed by atoms with van der Waals surface area (Å²) in [4.78, 5) is 19.1. The first kappa shape index (κ1) is 16.6. The maximum absolute atomic E-state index is 12.6. The van der Waals surface area contributed by atoms with Crippen molar-refractivity contribution >= 4 is 5.91 Å². The third-order valence-corrected chi connectivity index (χ3v) is 4.69. The molecule has 0 spiro atoms. The van der Waals surface area contributed by atoms with E-state index in [-0.39, 0.29) is 11.8 Å². The monoisotopic (exact) mass is 327 g/mol. The number of likely N-dealkylation sites (tertiary alicyclic amines) is 1. The van der Waals surface area contributed by atoms with Crippen LogP contribution in [0.3, 0.4) is 0 Å². The molecule has 0 aliphatic carbocycles. The van der Waals surface area contributed by atoms with Crippen molar-refractivity contribution in [2.24, 2.45) is 11.8 Å². The fraction of sp³-hybridized carbons (Fsp3) is 0.500. The first-order chi connectivity index (χ1) is 11.7. The predicted molar refractivity (Wildman–Crippen MR) is 91.9 cm³/mol. The van der Waals surface area contributed by atoms with E-state index in [1.165, 1.54) is 11.9 Å². The standard InChI is InChI=1S/C18H25N5O/c1-3-23-17(20-13-21-23)9-19-18(24)16-12-22(10-14(16)2)11-15-7-5-4-6-8-15/h4-8,13-14,16H,3,9-12H2,1-2H3,(H,19,24)/t14-,16-/m1/s1. The first-order valence-corrected chi connectivity index (χ1v) is 8.58. The summed E-state index contributed by atoms with van der Waals surface area (Å²) in [5.74, 6) is 1.31. The summed E-state index contributed by atoms with van der Waals surface area (Å²) >= 11 is 0. The Balaban J connectivity index is 1.53. The Morgan fingerprint density at radius 3 is 2.83 bits per heavy atom. The van der Waals surface area contributed by atoms with Crippen LogP contribution in [0.4, 0.5) is 0 Å².